The van der Waals surface area contributed by atoms with Gasteiger partial charge in [0.15, 0.2) is 5.69 Å². The van der Waals surface area contributed by atoms with Crippen LogP contribution >= 0.6 is 0 Å². The molecule has 0 saturated heterocycles. The zero-order valence-corrected chi connectivity index (χ0v) is 6.51. The van der Waals surface area contributed by atoms with Crippen molar-refractivity contribution in [2.75, 3.05) is 0 Å². The van der Waals surface area contributed by atoms with E-state index >= 15 is 0 Å². The predicted molar refractivity (Wildman–Crippen MR) is 46.2 cm³/mol. The summed E-state index contributed by atoms with van der Waals surface area (Å²) < 4.78 is 0.534. The molecule has 0 spiro atoms. The highest BCUT2D eigenvalue weighted by atomic mass is 16.5. The van der Waals surface area contributed by atoms with Crippen molar-refractivity contribution in [1.82, 2.24) is 4.73 Å². The van der Waals surface area contributed by atoms with E-state index in [0.717, 1.165) is 0 Å². The van der Waals surface area contributed by atoms with E-state index < -0.39 is 5.88 Å². The van der Waals surface area contributed by atoms with E-state index in [2.05, 4.69) is 5.18 Å². The molecule has 2 N–H and O–H groups in total. The highest BCUT2D eigenvalue weighted by Crippen LogP contribution is 2.36. The first-order valence-electron chi connectivity index (χ1n) is 3.60. The number of benzene rings is 1. The molecule has 0 saturated carbocycles. The van der Waals surface area contributed by atoms with Gasteiger partial charge >= 0.3 is 0 Å². The van der Waals surface area contributed by atoms with Gasteiger partial charge in [0.1, 0.15) is 0 Å². The van der Waals surface area contributed by atoms with E-state index in [0.29, 0.717) is 15.6 Å². The SMILES string of the molecule is O=Nc1c(O)n(O)c2ccccc12. The molecule has 0 bridgehead atoms. The van der Waals surface area contributed by atoms with Crippen molar-refractivity contribution in [3.05, 3.63) is 29.2 Å². The third-order valence-electron chi connectivity index (χ3n) is 1.89. The van der Waals surface area contributed by atoms with Gasteiger partial charge in [0.2, 0.25) is 0 Å². The summed E-state index contributed by atoms with van der Waals surface area (Å²) in [6.45, 7) is 0. The van der Waals surface area contributed by atoms with Crippen molar-refractivity contribution < 1.29 is 10.3 Å². The third-order valence-corrected chi connectivity index (χ3v) is 1.89. The van der Waals surface area contributed by atoms with Crippen LogP contribution in [-0.4, -0.2) is 15.0 Å². The number of hydrogen-bond acceptors (Lipinski definition) is 4. The average molecular weight is 178 g/mol. The third kappa shape index (κ3) is 0.868. The van der Waals surface area contributed by atoms with Crippen LogP contribution in [0.2, 0.25) is 0 Å². The second kappa shape index (κ2) is 2.48. The molecule has 0 atom stereocenters. The van der Waals surface area contributed by atoms with Gasteiger partial charge in [-0.15, -0.1) is 9.64 Å². The van der Waals surface area contributed by atoms with Crippen LogP contribution in [0, 0.1) is 4.91 Å². The Morgan fingerprint density at radius 2 is 2.00 bits per heavy atom. The fraction of sp³-hybridized carbons (Fsp3) is 0. The number of fused-ring (bicyclic) bond motifs is 1. The van der Waals surface area contributed by atoms with E-state index in [4.69, 9.17) is 0 Å². The van der Waals surface area contributed by atoms with Crippen molar-refractivity contribution >= 4 is 16.6 Å². The predicted octanol–water partition coefficient (Wildman–Crippen LogP) is 1.98. The molecule has 1 heterocycles. The van der Waals surface area contributed by atoms with Crippen LogP contribution < -0.4 is 0 Å². The molecule has 13 heavy (non-hydrogen) atoms. The molecule has 1 aromatic carbocycles. The van der Waals surface area contributed by atoms with E-state index in [9.17, 15) is 15.2 Å². The number of nitrogens with zero attached hydrogens (tertiary/aromatic N) is 2. The Morgan fingerprint density at radius 3 is 2.69 bits per heavy atom. The quantitative estimate of drug-likeness (QED) is 0.517. The van der Waals surface area contributed by atoms with Crippen LogP contribution in [-0.2, 0) is 0 Å². The summed E-state index contributed by atoms with van der Waals surface area (Å²) in [5.41, 5.74) is 0.215. The Labute approximate surface area is 72.8 Å². The zero-order chi connectivity index (χ0) is 9.42. The largest absolute Gasteiger partial charge is 0.491 e. The van der Waals surface area contributed by atoms with Crippen LogP contribution in [0.4, 0.5) is 5.69 Å². The topological polar surface area (TPSA) is 74.8 Å². The highest BCUT2D eigenvalue weighted by molar-refractivity contribution is 5.94. The van der Waals surface area contributed by atoms with Crippen LogP contribution in [0.3, 0.4) is 0 Å². The molecule has 2 aromatic rings. The van der Waals surface area contributed by atoms with Gasteiger partial charge in [-0.25, -0.2) is 0 Å². The summed E-state index contributed by atoms with van der Waals surface area (Å²) in [7, 11) is 0. The molecule has 5 nitrogen and oxygen atoms in total. The summed E-state index contributed by atoms with van der Waals surface area (Å²) in [5.74, 6) is -0.531. The first-order chi connectivity index (χ1) is 6.25. The van der Waals surface area contributed by atoms with Gasteiger partial charge in [-0.2, -0.15) is 0 Å². The molecule has 0 fully saturated rings. The summed E-state index contributed by atoms with van der Waals surface area (Å²) in [4.78, 5) is 10.3. The van der Waals surface area contributed by atoms with Gasteiger partial charge in [0.25, 0.3) is 5.88 Å². The summed E-state index contributed by atoms with van der Waals surface area (Å²) >= 11 is 0. The number of rotatable bonds is 1. The van der Waals surface area contributed by atoms with Crippen LogP contribution in [0.15, 0.2) is 29.4 Å². The second-order valence-electron chi connectivity index (χ2n) is 2.59. The van der Waals surface area contributed by atoms with Crippen molar-refractivity contribution in [1.29, 1.82) is 0 Å². The van der Waals surface area contributed by atoms with E-state index in [-0.39, 0.29) is 5.69 Å². The van der Waals surface area contributed by atoms with Crippen molar-refractivity contribution in [2.45, 2.75) is 0 Å². The normalized spacial score (nSPS) is 10.5. The van der Waals surface area contributed by atoms with Crippen molar-refractivity contribution in [3.8, 4) is 5.88 Å². The number of aromatic hydroxyl groups is 1. The Balaban J connectivity index is 2.98. The smallest absolute Gasteiger partial charge is 0.255 e. The summed E-state index contributed by atoms with van der Waals surface area (Å²) in [6, 6.07) is 6.54. The maximum atomic E-state index is 10.3. The van der Waals surface area contributed by atoms with Gasteiger partial charge in [-0.3, -0.25) is 0 Å². The Bertz CT molecular complexity index is 475. The molecule has 5 heteroatoms. The van der Waals surface area contributed by atoms with Crippen molar-refractivity contribution in [3.63, 3.8) is 0 Å². The molecule has 0 unspecified atom stereocenters. The maximum Gasteiger partial charge on any atom is 0.255 e. The van der Waals surface area contributed by atoms with Crippen LogP contribution in [0.1, 0.15) is 0 Å². The van der Waals surface area contributed by atoms with Gasteiger partial charge < -0.3 is 10.3 Å². The number of nitroso groups, excluding NO2 is 1. The standard InChI is InChI=1S/C8H6N2O3/c11-8-7(9-12)5-3-1-2-4-6(5)10(8)13/h1-4,11,13H. The van der Waals surface area contributed by atoms with Gasteiger partial charge in [-0.05, 0) is 11.2 Å². The minimum Gasteiger partial charge on any atom is -0.491 e. The maximum absolute atomic E-state index is 10.3. The molecule has 66 valence electrons. The minimum atomic E-state index is -0.531. The minimum absolute atomic E-state index is 0.141. The first kappa shape index (κ1) is 7.60. The average Bonchev–Trinajstić information content (AvgIpc) is 2.41. The lowest BCUT2D eigenvalue weighted by Gasteiger charge is -1.92. The monoisotopic (exact) mass is 178 g/mol. The van der Waals surface area contributed by atoms with E-state index in [1.807, 2.05) is 0 Å². The Hall–Kier alpha value is -2.04. The molecule has 0 aliphatic rings. The fourth-order valence-corrected chi connectivity index (χ4v) is 1.28. The fourth-order valence-electron chi connectivity index (χ4n) is 1.28. The molecule has 2 rings (SSSR count). The summed E-state index contributed by atoms with van der Waals surface area (Å²) in [5, 5.41) is 21.6. The molecule has 0 radical (unpaired) electrons. The lowest BCUT2D eigenvalue weighted by Crippen LogP contribution is -1.86. The van der Waals surface area contributed by atoms with Gasteiger partial charge in [-0.1, -0.05) is 18.2 Å². The van der Waals surface area contributed by atoms with Gasteiger partial charge in [0, 0.05) is 5.39 Å². The Kier molecular flexibility index (Phi) is 1.45. The summed E-state index contributed by atoms with van der Waals surface area (Å²) in [6.07, 6.45) is 0. The highest BCUT2D eigenvalue weighted by Gasteiger charge is 2.15. The number of aromatic nitrogens is 1. The Morgan fingerprint density at radius 1 is 1.31 bits per heavy atom. The first-order valence-corrected chi connectivity index (χ1v) is 3.60. The van der Waals surface area contributed by atoms with E-state index in [1.54, 1.807) is 24.3 Å². The molecular formula is C8H6N2O3. The molecule has 1 aromatic heterocycles. The lowest BCUT2D eigenvalue weighted by molar-refractivity contribution is 0.168. The van der Waals surface area contributed by atoms with Crippen LogP contribution in [0.25, 0.3) is 10.9 Å². The molecule has 0 aliphatic heterocycles. The zero-order valence-electron chi connectivity index (χ0n) is 6.51. The number of para-hydroxylation sites is 1. The van der Waals surface area contributed by atoms with Crippen molar-refractivity contribution in [2.24, 2.45) is 5.18 Å². The second-order valence-corrected chi connectivity index (χ2v) is 2.59. The molecular weight excluding hydrogens is 172 g/mol. The van der Waals surface area contributed by atoms with E-state index in [1.165, 1.54) is 0 Å². The molecule has 0 amide bonds. The molecule has 0 aliphatic carbocycles. The number of hydrogen-bond donors (Lipinski definition) is 2. The van der Waals surface area contributed by atoms with Crippen LogP contribution in [0.5, 0.6) is 5.88 Å². The lowest BCUT2D eigenvalue weighted by atomic mass is 10.2. The van der Waals surface area contributed by atoms with Gasteiger partial charge in [0.05, 0.1) is 5.52 Å².